The number of rotatable bonds is 1. The first kappa shape index (κ1) is 10.7. The normalized spacial score (nSPS) is 18.1. The average molecular weight is 270 g/mol. The van der Waals surface area contributed by atoms with Crippen molar-refractivity contribution in [2.75, 3.05) is 23.7 Å². The van der Waals surface area contributed by atoms with Gasteiger partial charge >= 0.3 is 0 Å². The van der Waals surface area contributed by atoms with Crippen LogP contribution in [0.2, 0.25) is 0 Å². The Labute approximate surface area is 98.8 Å². The highest BCUT2D eigenvalue weighted by Gasteiger charge is 2.18. The van der Waals surface area contributed by atoms with E-state index in [1.54, 1.807) is 6.20 Å². The van der Waals surface area contributed by atoms with Crippen LogP contribution in [0.1, 0.15) is 19.8 Å². The SMILES string of the molecule is CC1CCN(c2ncc(N)cc2Br)CC1. The number of aromatic nitrogens is 1. The van der Waals surface area contributed by atoms with E-state index in [0.29, 0.717) is 5.69 Å². The van der Waals surface area contributed by atoms with Crippen LogP contribution in [-0.4, -0.2) is 18.1 Å². The van der Waals surface area contributed by atoms with Gasteiger partial charge in [0, 0.05) is 13.1 Å². The van der Waals surface area contributed by atoms with Gasteiger partial charge in [-0.1, -0.05) is 6.92 Å². The van der Waals surface area contributed by atoms with Gasteiger partial charge in [0.15, 0.2) is 0 Å². The maximum Gasteiger partial charge on any atom is 0.143 e. The van der Waals surface area contributed by atoms with E-state index in [2.05, 4.69) is 32.7 Å². The number of hydrogen-bond acceptors (Lipinski definition) is 3. The molecule has 0 bridgehead atoms. The predicted octanol–water partition coefficient (Wildman–Crippen LogP) is 2.66. The van der Waals surface area contributed by atoms with Crippen molar-refractivity contribution in [1.29, 1.82) is 0 Å². The second-order valence-corrected chi connectivity index (χ2v) is 5.10. The molecule has 0 spiro atoms. The average Bonchev–Trinajstić information content (AvgIpc) is 2.20. The lowest BCUT2D eigenvalue weighted by Gasteiger charge is -2.31. The van der Waals surface area contributed by atoms with Gasteiger partial charge in [-0.25, -0.2) is 4.98 Å². The molecular formula is C11H16BrN3. The molecule has 0 atom stereocenters. The Bertz CT molecular complexity index is 346. The molecule has 0 saturated carbocycles. The van der Waals surface area contributed by atoms with Crippen molar-refractivity contribution < 1.29 is 0 Å². The van der Waals surface area contributed by atoms with Crippen LogP contribution in [0.5, 0.6) is 0 Å². The van der Waals surface area contributed by atoms with Crippen LogP contribution in [0, 0.1) is 5.92 Å². The number of nitrogens with zero attached hydrogens (tertiary/aromatic N) is 2. The van der Waals surface area contributed by atoms with E-state index in [1.807, 2.05) is 6.07 Å². The third kappa shape index (κ3) is 2.43. The van der Waals surface area contributed by atoms with Crippen LogP contribution in [0.4, 0.5) is 11.5 Å². The molecule has 82 valence electrons. The first-order valence-corrected chi connectivity index (χ1v) is 6.12. The molecule has 0 aliphatic carbocycles. The first-order chi connectivity index (χ1) is 7.16. The minimum Gasteiger partial charge on any atom is -0.397 e. The molecule has 2 rings (SSSR count). The van der Waals surface area contributed by atoms with E-state index >= 15 is 0 Å². The van der Waals surface area contributed by atoms with Crippen molar-refractivity contribution in [2.24, 2.45) is 5.92 Å². The van der Waals surface area contributed by atoms with Crippen molar-refractivity contribution in [3.63, 3.8) is 0 Å². The molecule has 1 saturated heterocycles. The summed E-state index contributed by atoms with van der Waals surface area (Å²) >= 11 is 3.51. The number of piperidine rings is 1. The molecule has 0 aromatic carbocycles. The number of halogens is 1. The number of nitrogens with two attached hydrogens (primary N) is 1. The zero-order chi connectivity index (χ0) is 10.8. The van der Waals surface area contributed by atoms with Gasteiger partial charge < -0.3 is 10.6 Å². The van der Waals surface area contributed by atoms with Gasteiger partial charge in [-0.2, -0.15) is 0 Å². The van der Waals surface area contributed by atoms with Crippen molar-refractivity contribution >= 4 is 27.4 Å². The van der Waals surface area contributed by atoms with Crippen LogP contribution >= 0.6 is 15.9 Å². The number of anilines is 2. The van der Waals surface area contributed by atoms with Crippen LogP contribution < -0.4 is 10.6 Å². The van der Waals surface area contributed by atoms with Crippen molar-refractivity contribution in [3.05, 3.63) is 16.7 Å². The molecule has 0 amide bonds. The molecule has 1 aromatic heterocycles. The quantitative estimate of drug-likeness (QED) is 0.853. The van der Waals surface area contributed by atoms with Crippen molar-refractivity contribution in [1.82, 2.24) is 4.98 Å². The fraction of sp³-hybridized carbons (Fsp3) is 0.545. The molecule has 0 radical (unpaired) electrons. The number of pyridine rings is 1. The summed E-state index contributed by atoms with van der Waals surface area (Å²) < 4.78 is 0.997. The lowest BCUT2D eigenvalue weighted by molar-refractivity contribution is 0.436. The molecule has 2 heterocycles. The van der Waals surface area contributed by atoms with Gasteiger partial charge in [0.25, 0.3) is 0 Å². The highest BCUT2D eigenvalue weighted by atomic mass is 79.9. The molecule has 3 nitrogen and oxygen atoms in total. The Balaban J connectivity index is 2.15. The fourth-order valence-electron chi connectivity index (χ4n) is 1.90. The Hall–Kier alpha value is -0.770. The molecule has 4 heteroatoms. The van der Waals surface area contributed by atoms with Crippen LogP contribution in [-0.2, 0) is 0 Å². The third-order valence-electron chi connectivity index (χ3n) is 2.93. The molecular weight excluding hydrogens is 254 g/mol. The number of hydrogen-bond donors (Lipinski definition) is 1. The summed E-state index contributed by atoms with van der Waals surface area (Å²) in [7, 11) is 0. The molecule has 15 heavy (non-hydrogen) atoms. The summed E-state index contributed by atoms with van der Waals surface area (Å²) in [5.74, 6) is 1.87. The monoisotopic (exact) mass is 269 g/mol. The standard InChI is InChI=1S/C11H16BrN3/c1-8-2-4-15(5-3-8)11-10(12)6-9(13)7-14-11/h6-8H,2-5,13H2,1H3. The van der Waals surface area contributed by atoms with Gasteiger partial charge in [-0.15, -0.1) is 0 Å². The third-order valence-corrected chi connectivity index (χ3v) is 3.51. The Morgan fingerprint density at radius 1 is 1.47 bits per heavy atom. The summed E-state index contributed by atoms with van der Waals surface area (Å²) in [5.41, 5.74) is 6.37. The second-order valence-electron chi connectivity index (χ2n) is 4.24. The van der Waals surface area contributed by atoms with Gasteiger partial charge in [0.05, 0.1) is 16.4 Å². The smallest absolute Gasteiger partial charge is 0.143 e. The maximum absolute atomic E-state index is 5.67. The van der Waals surface area contributed by atoms with Crippen LogP contribution in [0.25, 0.3) is 0 Å². The summed E-state index contributed by atoms with van der Waals surface area (Å²) in [6.07, 6.45) is 4.22. The molecule has 1 fully saturated rings. The number of nitrogen functional groups attached to an aromatic ring is 1. The molecule has 0 unspecified atom stereocenters. The molecule has 1 aliphatic heterocycles. The van der Waals surface area contributed by atoms with E-state index in [9.17, 15) is 0 Å². The minimum atomic E-state index is 0.705. The summed E-state index contributed by atoms with van der Waals surface area (Å²) in [4.78, 5) is 6.70. The Morgan fingerprint density at radius 2 is 2.13 bits per heavy atom. The van der Waals surface area contributed by atoms with E-state index in [4.69, 9.17) is 5.73 Å². The minimum absolute atomic E-state index is 0.705. The van der Waals surface area contributed by atoms with Crippen LogP contribution in [0.15, 0.2) is 16.7 Å². The van der Waals surface area contributed by atoms with Gasteiger partial charge in [0.2, 0.25) is 0 Å². The predicted molar refractivity (Wildman–Crippen MR) is 67.0 cm³/mol. The fourth-order valence-corrected chi connectivity index (χ4v) is 2.52. The zero-order valence-corrected chi connectivity index (χ0v) is 10.5. The summed E-state index contributed by atoms with van der Waals surface area (Å²) in [6, 6.07) is 1.92. The lowest BCUT2D eigenvalue weighted by atomic mass is 9.99. The molecule has 1 aliphatic rings. The molecule has 2 N–H and O–H groups in total. The Morgan fingerprint density at radius 3 is 2.73 bits per heavy atom. The lowest BCUT2D eigenvalue weighted by Crippen LogP contribution is -2.33. The van der Waals surface area contributed by atoms with Gasteiger partial charge in [-0.3, -0.25) is 0 Å². The van der Waals surface area contributed by atoms with E-state index in [-0.39, 0.29) is 0 Å². The largest absolute Gasteiger partial charge is 0.397 e. The van der Waals surface area contributed by atoms with Crippen LogP contribution in [0.3, 0.4) is 0 Å². The van der Waals surface area contributed by atoms with E-state index < -0.39 is 0 Å². The Kier molecular flexibility index (Phi) is 3.14. The maximum atomic E-state index is 5.67. The topological polar surface area (TPSA) is 42.2 Å². The van der Waals surface area contributed by atoms with Crippen molar-refractivity contribution in [2.45, 2.75) is 19.8 Å². The highest BCUT2D eigenvalue weighted by molar-refractivity contribution is 9.10. The first-order valence-electron chi connectivity index (χ1n) is 5.33. The zero-order valence-electron chi connectivity index (χ0n) is 8.91. The van der Waals surface area contributed by atoms with Gasteiger partial charge in [0.1, 0.15) is 5.82 Å². The summed E-state index contributed by atoms with van der Waals surface area (Å²) in [6.45, 7) is 4.50. The summed E-state index contributed by atoms with van der Waals surface area (Å²) in [5, 5.41) is 0. The molecule has 1 aromatic rings. The van der Waals surface area contributed by atoms with Gasteiger partial charge in [-0.05, 0) is 40.8 Å². The van der Waals surface area contributed by atoms with E-state index in [1.165, 1.54) is 12.8 Å². The van der Waals surface area contributed by atoms with Crippen molar-refractivity contribution in [3.8, 4) is 0 Å². The van der Waals surface area contributed by atoms with E-state index in [0.717, 1.165) is 29.3 Å². The highest BCUT2D eigenvalue weighted by Crippen LogP contribution is 2.28. The second kappa shape index (κ2) is 4.39.